The molecule has 10 nitrogen and oxygen atoms in total. The first kappa shape index (κ1) is 30.6. The van der Waals surface area contributed by atoms with Crippen LogP contribution in [0.2, 0.25) is 5.02 Å². The second-order valence-electron chi connectivity index (χ2n) is 10.1. The molecule has 224 valence electrons. The number of nitrogens with one attached hydrogen (secondary N) is 2. The third-order valence-corrected chi connectivity index (χ3v) is 7.38. The fourth-order valence-electron chi connectivity index (χ4n) is 4.95. The summed E-state index contributed by atoms with van der Waals surface area (Å²) in [6, 6.07) is 31.1. The molecule has 0 spiro atoms. The Morgan fingerprint density at radius 1 is 1.00 bits per heavy atom. The van der Waals surface area contributed by atoms with Crippen LogP contribution in [-0.4, -0.2) is 35.7 Å². The van der Waals surface area contributed by atoms with Gasteiger partial charge in [-0.05, 0) is 53.1 Å². The number of rotatable bonds is 13. The van der Waals surface area contributed by atoms with Gasteiger partial charge in [-0.1, -0.05) is 83.4 Å². The molecular formula is C33H31ClN6O4. The average molecular weight is 611 g/mol. The number of aliphatic hydroxyl groups excluding tert-OH is 1. The van der Waals surface area contributed by atoms with Gasteiger partial charge in [0.15, 0.2) is 11.6 Å². The minimum Gasteiger partial charge on any atom is -0.494 e. The first-order valence-electron chi connectivity index (χ1n) is 14.1. The Kier molecular flexibility index (Phi) is 10.1. The molecule has 2 atom stereocenters. The topological polar surface area (TPSA) is 141 Å². The van der Waals surface area contributed by atoms with Gasteiger partial charge in [-0.2, -0.15) is 0 Å². The van der Waals surface area contributed by atoms with Crippen molar-refractivity contribution in [1.82, 2.24) is 10.9 Å². The predicted molar refractivity (Wildman–Crippen MR) is 169 cm³/mol. The molecule has 0 aromatic heterocycles. The third kappa shape index (κ3) is 7.19. The van der Waals surface area contributed by atoms with Crippen molar-refractivity contribution in [3.63, 3.8) is 0 Å². The normalized spacial score (nSPS) is 17.2. The SMILES string of the molecule is [N-]=[N+]=Nc1ccccc1[C@@H]1OC(c2ccc(OCCCO)cc2)=N[C@]1(Cc1ccccc1)C(=O)NNCc1ccc(Cl)cc1. The molecule has 0 aliphatic carbocycles. The van der Waals surface area contributed by atoms with E-state index in [2.05, 4.69) is 20.9 Å². The van der Waals surface area contributed by atoms with Crippen molar-refractivity contribution >= 4 is 29.1 Å². The Morgan fingerprint density at radius 2 is 1.73 bits per heavy atom. The molecule has 0 fully saturated rings. The molecule has 1 heterocycles. The van der Waals surface area contributed by atoms with Gasteiger partial charge in [-0.25, -0.2) is 10.4 Å². The van der Waals surface area contributed by atoms with Crippen LogP contribution in [-0.2, 0) is 22.5 Å². The van der Waals surface area contributed by atoms with E-state index < -0.39 is 17.6 Å². The summed E-state index contributed by atoms with van der Waals surface area (Å²) in [5.41, 5.74) is 17.0. The number of hydrazine groups is 1. The lowest BCUT2D eigenvalue weighted by Gasteiger charge is -2.31. The van der Waals surface area contributed by atoms with Gasteiger partial charge in [0.05, 0.1) is 6.61 Å². The van der Waals surface area contributed by atoms with Crippen molar-refractivity contribution in [2.75, 3.05) is 13.2 Å². The Labute approximate surface area is 259 Å². The number of aliphatic imine (C=N–C) groups is 1. The zero-order valence-corrected chi connectivity index (χ0v) is 24.5. The maximum atomic E-state index is 14.3. The Bertz CT molecular complexity index is 1640. The summed E-state index contributed by atoms with van der Waals surface area (Å²) in [6.07, 6.45) is -0.214. The first-order valence-corrected chi connectivity index (χ1v) is 14.5. The van der Waals surface area contributed by atoms with Crippen molar-refractivity contribution in [3.8, 4) is 5.75 Å². The summed E-state index contributed by atoms with van der Waals surface area (Å²) in [4.78, 5) is 22.3. The summed E-state index contributed by atoms with van der Waals surface area (Å²) in [7, 11) is 0. The van der Waals surface area contributed by atoms with E-state index in [9.17, 15) is 10.3 Å². The summed E-state index contributed by atoms with van der Waals surface area (Å²) >= 11 is 6.02. The van der Waals surface area contributed by atoms with Crippen LogP contribution in [0.4, 0.5) is 5.69 Å². The highest BCUT2D eigenvalue weighted by Gasteiger charge is 2.54. The number of ether oxygens (including phenoxy) is 2. The molecule has 1 aliphatic rings. The van der Waals surface area contributed by atoms with E-state index in [-0.39, 0.29) is 18.9 Å². The smallest absolute Gasteiger partial charge is 0.266 e. The molecule has 1 aliphatic heterocycles. The number of halogens is 1. The zero-order chi connectivity index (χ0) is 30.8. The quantitative estimate of drug-likeness (QED) is 0.0531. The lowest BCUT2D eigenvalue weighted by molar-refractivity contribution is -0.130. The van der Waals surface area contributed by atoms with Crippen molar-refractivity contribution in [3.05, 3.63) is 141 Å². The van der Waals surface area contributed by atoms with Gasteiger partial charge in [0, 0.05) is 52.7 Å². The lowest BCUT2D eigenvalue weighted by atomic mass is 9.81. The van der Waals surface area contributed by atoms with Crippen LogP contribution in [0.25, 0.3) is 10.4 Å². The molecule has 44 heavy (non-hydrogen) atoms. The summed E-state index contributed by atoms with van der Waals surface area (Å²) in [6.45, 7) is 0.774. The van der Waals surface area contributed by atoms with Gasteiger partial charge in [-0.3, -0.25) is 10.2 Å². The molecule has 0 unspecified atom stereocenters. The number of amides is 1. The number of benzene rings is 4. The summed E-state index contributed by atoms with van der Waals surface area (Å²) < 4.78 is 12.2. The maximum Gasteiger partial charge on any atom is 0.266 e. The average Bonchev–Trinajstić information content (AvgIpc) is 3.43. The molecule has 4 aromatic rings. The largest absolute Gasteiger partial charge is 0.494 e. The number of carbonyl (C=O) groups excluding carboxylic acids is 1. The Hall–Kier alpha value is -4.86. The van der Waals surface area contributed by atoms with Gasteiger partial charge in [-0.15, -0.1) is 0 Å². The van der Waals surface area contributed by atoms with Crippen LogP contribution in [0.5, 0.6) is 5.75 Å². The van der Waals surface area contributed by atoms with Gasteiger partial charge in [0.2, 0.25) is 5.90 Å². The van der Waals surface area contributed by atoms with E-state index in [1.807, 2.05) is 42.5 Å². The number of azide groups is 1. The van der Waals surface area contributed by atoms with Crippen LogP contribution in [0.3, 0.4) is 0 Å². The minimum atomic E-state index is -1.49. The molecule has 11 heteroatoms. The van der Waals surface area contributed by atoms with Gasteiger partial charge in [0.25, 0.3) is 5.91 Å². The van der Waals surface area contributed by atoms with Gasteiger partial charge < -0.3 is 14.6 Å². The fraction of sp³-hybridized carbons (Fsp3) is 0.212. The number of carbonyl (C=O) groups is 1. The van der Waals surface area contributed by atoms with E-state index >= 15 is 0 Å². The number of hydrogen-bond acceptors (Lipinski definition) is 7. The van der Waals surface area contributed by atoms with Crippen molar-refractivity contribution in [1.29, 1.82) is 0 Å². The van der Waals surface area contributed by atoms with Crippen LogP contribution in [0.1, 0.15) is 34.8 Å². The predicted octanol–water partition coefficient (Wildman–Crippen LogP) is 6.36. The molecular weight excluding hydrogens is 580 g/mol. The summed E-state index contributed by atoms with van der Waals surface area (Å²) in [5.74, 6) is 0.470. The molecule has 0 saturated heterocycles. The molecule has 5 rings (SSSR count). The van der Waals surface area contributed by atoms with E-state index in [1.165, 1.54) is 0 Å². The van der Waals surface area contributed by atoms with Gasteiger partial charge in [0.1, 0.15) is 5.75 Å². The highest BCUT2D eigenvalue weighted by Crippen LogP contribution is 2.45. The van der Waals surface area contributed by atoms with Crippen LogP contribution in [0, 0.1) is 0 Å². The van der Waals surface area contributed by atoms with E-state index in [0.29, 0.717) is 47.2 Å². The Morgan fingerprint density at radius 3 is 2.45 bits per heavy atom. The molecule has 3 N–H and O–H groups in total. The van der Waals surface area contributed by atoms with Crippen molar-refractivity contribution in [2.24, 2.45) is 10.1 Å². The van der Waals surface area contributed by atoms with Crippen LogP contribution in [0.15, 0.2) is 113 Å². The van der Waals surface area contributed by atoms with E-state index in [0.717, 1.165) is 11.1 Å². The maximum absolute atomic E-state index is 14.3. The van der Waals surface area contributed by atoms with Crippen molar-refractivity contribution < 1.29 is 19.4 Å². The summed E-state index contributed by atoms with van der Waals surface area (Å²) in [5, 5.41) is 13.6. The number of aliphatic hydroxyl groups is 1. The fourth-order valence-corrected chi connectivity index (χ4v) is 5.08. The van der Waals surface area contributed by atoms with Gasteiger partial charge >= 0.3 is 0 Å². The lowest BCUT2D eigenvalue weighted by Crippen LogP contribution is -2.53. The second kappa shape index (κ2) is 14.5. The molecule has 0 saturated carbocycles. The monoisotopic (exact) mass is 610 g/mol. The number of hydrogen-bond donors (Lipinski definition) is 3. The molecule has 1 amide bonds. The molecule has 0 radical (unpaired) electrons. The highest BCUT2D eigenvalue weighted by atomic mass is 35.5. The second-order valence-corrected chi connectivity index (χ2v) is 10.6. The first-order chi connectivity index (χ1) is 21.5. The third-order valence-electron chi connectivity index (χ3n) is 7.13. The van der Waals surface area contributed by atoms with Crippen LogP contribution >= 0.6 is 11.6 Å². The van der Waals surface area contributed by atoms with E-state index in [4.69, 9.17) is 31.2 Å². The molecule has 0 bridgehead atoms. The van der Waals surface area contributed by atoms with Crippen molar-refractivity contribution in [2.45, 2.75) is 31.0 Å². The number of nitrogens with zero attached hydrogens (tertiary/aromatic N) is 4. The van der Waals surface area contributed by atoms with Crippen LogP contribution < -0.4 is 15.6 Å². The minimum absolute atomic E-state index is 0.0432. The Balaban J connectivity index is 1.54. The molecule has 4 aromatic carbocycles. The standard InChI is InChI=1S/C33H31ClN6O4/c34-26-15-11-24(12-16-26)22-36-39-32(42)33(21-23-7-2-1-3-8-23)30(28-9-4-5-10-29(28)38-40-35)44-31(37-33)25-13-17-27(18-14-25)43-20-6-19-41/h1-5,7-18,30,36,41H,6,19-22H2,(H,39,42)/t30-,33-/m0/s1. The van der Waals surface area contributed by atoms with E-state index in [1.54, 1.807) is 60.7 Å². The zero-order valence-electron chi connectivity index (χ0n) is 23.8. The highest BCUT2D eigenvalue weighted by molar-refractivity contribution is 6.30.